The van der Waals surface area contributed by atoms with Crippen molar-refractivity contribution >= 4 is 0 Å². The average Bonchev–Trinajstić information content (AvgIpc) is 3.10. The molecule has 0 aliphatic rings. The summed E-state index contributed by atoms with van der Waals surface area (Å²) < 4.78 is 16.3. The molecule has 0 amide bonds. The molecular formula is C17H25NO4. The summed E-state index contributed by atoms with van der Waals surface area (Å²) >= 11 is 0. The summed E-state index contributed by atoms with van der Waals surface area (Å²) in [5.74, 6) is 2.58. The van der Waals surface area contributed by atoms with Crippen molar-refractivity contribution in [3.8, 4) is 0 Å². The minimum Gasteiger partial charge on any atom is -0.467 e. The standard InChI is InChI=1S/C17H25NO4/c1-13(2)18(10-16-7-6-14(3)22-16)9-15(19)11-20-12-17-5-4-8-21-17/h4-8,13,15,19H,9-12H2,1-3H3. The highest BCUT2D eigenvalue weighted by molar-refractivity contribution is 5.05. The molecule has 0 spiro atoms. The van der Waals surface area contributed by atoms with Crippen LogP contribution in [0, 0.1) is 6.92 Å². The van der Waals surface area contributed by atoms with Crippen LogP contribution in [0.4, 0.5) is 0 Å². The van der Waals surface area contributed by atoms with Crippen LogP contribution in [0.25, 0.3) is 0 Å². The summed E-state index contributed by atoms with van der Waals surface area (Å²) in [6.45, 7) is 8.01. The van der Waals surface area contributed by atoms with E-state index in [1.165, 1.54) is 0 Å². The Balaban J connectivity index is 1.77. The van der Waals surface area contributed by atoms with Crippen LogP contribution < -0.4 is 0 Å². The molecule has 0 aliphatic carbocycles. The Morgan fingerprint density at radius 2 is 2.05 bits per heavy atom. The van der Waals surface area contributed by atoms with Gasteiger partial charge in [0.05, 0.1) is 25.5 Å². The first kappa shape index (κ1) is 16.8. The molecule has 2 aromatic heterocycles. The van der Waals surface area contributed by atoms with Gasteiger partial charge in [0.15, 0.2) is 0 Å². The fourth-order valence-corrected chi connectivity index (χ4v) is 2.24. The topological polar surface area (TPSA) is 59.0 Å². The number of aliphatic hydroxyl groups excluding tert-OH is 1. The minimum absolute atomic E-state index is 0.279. The number of aliphatic hydroxyl groups is 1. The molecule has 5 nitrogen and oxygen atoms in total. The number of hydrogen-bond acceptors (Lipinski definition) is 5. The van der Waals surface area contributed by atoms with Gasteiger partial charge in [-0.25, -0.2) is 0 Å². The third-order valence-corrected chi connectivity index (χ3v) is 3.47. The van der Waals surface area contributed by atoms with Crippen LogP contribution in [-0.2, 0) is 17.9 Å². The maximum Gasteiger partial charge on any atom is 0.129 e. The number of nitrogens with zero attached hydrogens (tertiary/aromatic N) is 1. The van der Waals surface area contributed by atoms with Gasteiger partial charge in [-0.1, -0.05) is 0 Å². The zero-order valence-corrected chi connectivity index (χ0v) is 13.5. The Morgan fingerprint density at radius 1 is 1.23 bits per heavy atom. The molecule has 5 heteroatoms. The molecule has 0 saturated carbocycles. The highest BCUT2D eigenvalue weighted by Gasteiger charge is 2.17. The summed E-state index contributed by atoms with van der Waals surface area (Å²) in [5, 5.41) is 10.2. The summed E-state index contributed by atoms with van der Waals surface area (Å²) in [7, 11) is 0. The lowest BCUT2D eigenvalue weighted by atomic mass is 10.2. The fourth-order valence-electron chi connectivity index (χ4n) is 2.24. The first-order valence-corrected chi connectivity index (χ1v) is 7.62. The Kier molecular flexibility index (Phi) is 6.24. The van der Waals surface area contributed by atoms with Crippen molar-refractivity contribution in [3.63, 3.8) is 0 Å². The van der Waals surface area contributed by atoms with Gasteiger partial charge in [0, 0.05) is 12.6 Å². The molecule has 1 N–H and O–H groups in total. The number of rotatable bonds is 9. The van der Waals surface area contributed by atoms with E-state index < -0.39 is 6.10 Å². The van der Waals surface area contributed by atoms with Gasteiger partial charge in [0.25, 0.3) is 0 Å². The lowest BCUT2D eigenvalue weighted by molar-refractivity contribution is -0.00226. The van der Waals surface area contributed by atoms with Gasteiger partial charge < -0.3 is 18.7 Å². The molecule has 2 aromatic rings. The first-order valence-electron chi connectivity index (χ1n) is 7.62. The molecule has 1 atom stereocenters. The molecule has 0 aliphatic heterocycles. The monoisotopic (exact) mass is 307 g/mol. The van der Waals surface area contributed by atoms with Gasteiger partial charge >= 0.3 is 0 Å². The van der Waals surface area contributed by atoms with E-state index in [-0.39, 0.29) is 6.61 Å². The normalized spacial score (nSPS) is 13.2. The first-order chi connectivity index (χ1) is 10.5. The van der Waals surface area contributed by atoms with Crippen LogP contribution >= 0.6 is 0 Å². The molecule has 0 saturated heterocycles. The predicted octanol–water partition coefficient (Wildman–Crippen LogP) is 2.97. The van der Waals surface area contributed by atoms with Gasteiger partial charge in [-0.05, 0) is 45.0 Å². The maximum atomic E-state index is 10.2. The van der Waals surface area contributed by atoms with E-state index in [2.05, 4.69) is 18.7 Å². The molecule has 0 bridgehead atoms. The molecule has 2 rings (SSSR count). The molecule has 1 unspecified atom stereocenters. The SMILES string of the molecule is Cc1ccc(CN(CC(O)COCc2ccco2)C(C)C)o1. The van der Waals surface area contributed by atoms with E-state index in [0.29, 0.717) is 25.7 Å². The Hall–Kier alpha value is -1.56. The van der Waals surface area contributed by atoms with Gasteiger partial charge in [-0.2, -0.15) is 0 Å². The van der Waals surface area contributed by atoms with Gasteiger partial charge in [-0.15, -0.1) is 0 Å². The summed E-state index contributed by atoms with van der Waals surface area (Å²) in [4.78, 5) is 2.17. The number of aryl methyl sites for hydroxylation is 1. The highest BCUT2D eigenvalue weighted by atomic mass is 16.5. The average molecular weight is 307 g/mol. The number of furan rings is 2. The Labute approximate surface area is 131 Å². The molecule has 22 heavy (non-hydrogen) atoms. The van der Waals surface area contributed by atoms with Crippen molar-refractivity contribution in [1.82, 2.24) is 4.90 Å². The molecule has 122 valence electrons. The second-order valence-corrected chi connectivity index (χ2v) is 5.78. The third-order valence-electron chi connectivity index (χ3n) is 3.47. The van der Waals surface area contributed by atoms with Crippen molar-refractivity contribution in [3.05, 3.63) is 47.8 Å². The number of hydrogen-bond donors (Lipinski definition) is 1. The largest absolute Gasteiger partial charge is 0.467 e. The van der Waals surface area contributed by atoms with Crippen LogP contribution in [0.3, 0.4) is 0 Å². The predicted molar refractivity (Wildman–Crippen MR) is 83.4 cm³/mol. The summed E-state index contributed by atoms with van der Waals surface area (Å²) in [6, 6.07) is 7.92. The molecule has 0 aromatic carbocycles. The maximum absolute atomic E-state index is 10.2. The van der Waals surface area contributed by atoms with Crippen molar-refractivity contribution in [2.45, 2.75) is 46.1 Å². The summed E-state index contributed by atoms with van der Waals surface area (Å²) in [5.41, 5.74) is 0. The van der Waals surface area contributed by atoms with Gasteiger partial charge in [-0.3, -0.25) is 4.90 Å². The number of ether oxygens (including phenoxy) is 1. The van der Waals surface area contributed by atoms with Gasteiger partial charge in [0.2, 0.25) is 0 Å². The van der Waals surface area contributed by atoms with Crippen LogP contribution in [0.15, 0.2) is 39.4 Å². The van der Waals surface area contributed by atoms with Crippen LogP contribution in [0.2, 0.25) is 0 Å². The van der Waals surface area contributed by atoms with E-state index >= 15 is 0 Å². The van der Waals surface area contributed by atoms with E-state index in [9.17, 15) is 5.11 Å². The highest BCUT2D eigenvalue weighted by Crippen LogP contribution is 2.12. The van der Waals surface area contributed by atoms with Crippen LogP contribution in [0.5, 0.6) is 0 Å². The van der Waals surface area contributed by atoms with E-state index in [1.54, 1.807) is 6.26 Å². The molecule has 0 radical (unpaired) electrons. The molecule has 0 fully saturated rings. The Bertz CT molecular complexity index is 533. The van der Waals surface area contributed by atoms with E-state index in [4.69, 9.17) is 13.6 Å². The quantitative estimate of drug-likeness (QED) is 0.772. The van der Waals surface area contributed by atoms with Crippen molar-refractivity contribution in [1.29, 1.82) is 0 Å². The molecule has 2 heterocycles. The van der Waals surface area contributed by atoms with E-state index in [1.807, 2.05) is 31.2 Å². The van der Waals surface area contributed by atoms with Crippen molar-refractivity contribution in [2.24, 2.45) is 0 Å². The Morgan fingerprint density at radius 3 is 2.64 bits per heavy atom. The van der Waals surface area contributed by atoms with Crippen LogP contribution in [-0.4, -0.2) is 35.3 Å². The van der Waals surface area contributed by atoms with E-state index in [0.717, 1.165) is 17.3 Å². The summed E-state index contributed by atoms with van der Waals surface area (Å²) in [6.07, 6.45) is 1.06. The lowest BCUT2D eigenvalue weighted by Gasteiger charge is -2.27. The smallest absolute Gasteiger partial charge is 0.129 e. The minimum atomic E-state index is -0.548. The zero-order valence-electron chi connectivity index (χ0n) is 13.5. The van der Waals surface area contributed by atoms with Crippen LogP contribution in [0.1, 0.15) is 31.1 Å². The van der Waals surface area contributed by atoms with Crippen molar-refractivity contribution < 1.29 is 18.7 Å². The lowest BCUT2D eigenvalue weighted by Crippen LogP contribution is -2.38. The zero-order chi connectivity index (χ0) is 15.9. The second kappa shape index (κ2) is 8.17. The van der Waals surface area contributed by atoms with Crippen molar-refractivity contribution in [2.75, 3.05) is 13.2 Å². The molecular weight excluding hydrogens is 282 g/mol. The second-order valence-electron chi connectivity index (χ2n) is 5.78. The fraction of sp³-hybridized carbons (Fsp3) is 0.529. The third kappa shape index (κ3) is 5.33. The van der Waals surface area contributed by atoms with Gasteiger partial charge in [0.1, 0.15) is 23.9 Å².